The molecule has 4 aliphatic carbocycles. The zero-order valence-electron chi connectivity index (χ0n) is 31.1. The average molecular weight is 677 g/mol. The van der Waals surface area contributed by atoms with Gasteiger partial charge in [0.15, 0.2) is 5.79 Å². The fourth-order valence-corrected chi connectivity index (χ4v) is 11.1. The largest absolute Gasteiger partial charge is 0.378 e. The number of carbonyl (C=O) groups is 2. The van der Waals surface area contributed by atoms with Gasteiger partial charge in [-0.25, -0.2) is 0 Å². The third kappa shape index (κ3) is 9.34. The van der Waals surface area contributed by atoms with Crippen molar-refractivity contribution in [3.63, 3.8) is 0 Å². The molecule has 9 heteroatoms. The number of rotatable bonds is 17. The van der Waals surface area contributed by atoms with Crippen LogP contribution in [0.15, 0.2) is 0 Å². The monoisotopic (exact) mass is 677 g/mol. The van der Waals surface area contributed by atoms with Gasteiger partial charge in [0.05, 0.1) is 45.2 Å². The summed E-state index contributed by atoms with van der Waals surface area (Å²) in [5, 5.41) is 5.74. The van der Waals surface area contributed by atoms with Gasteiger partial charge in [-0.1, -0.05) is 20.8 Å². The van der Waals surface area contributed by atoms with Crippen molar-refractivity contribution in [3.05, 3.63) is 0 Å². The Balaban J connectivity index is 0.997. The highest BCUT2D eigenvalue weighted by Gasteiger charge is 2.60. The quantitative estimate of drug-likeness (QED) is 0.175. The number of carbonyl (C=O) groups excluding carboxylic acids is 2. The van der Waals surface area contributed by atoms with Crippen molar-refractivity contribution in [2.75, 3.05) is 52.7 Å². The van der Waals surface area contributed by atoms with E-state index in [-0.39, 0.29) is 17.9 Å². The average Bonchev–Trinajstić information content (AvgIpc) is 3.58. The molecule has 2 amide bonds. The van der Waals surface area contributed by atoms with Crippen LogP contribution in [0.2, 0.25) is 0 Å². The highest BCUT2D eigenvalue weighted by atomic mass is 16.7. The molecule has 4 saturated carbocycles. The highest BCUT2D eigenvalue weighted by Crippen LogP contribution is 2.68. The van der Waals surface area contributed by atoms with Crippen molar-refractivity contribution in [1.29, 1.82) is 0 Å². The maximum Gasteiger partial charge on any atom is 0.220 e. The van der Waals surface area contributed by atoms with E-state index >= 15 is 0 Å². The van der Waals surface area contributed by atoms with Crippen molar-refractivity contribution >= 4 is 11.8 Å². The molecule has 10 atom stereocenters. The van der Waals surface area contributed by atoms with Gasteiger partial charge in [-0.05, 0) is 131 Å². The van der Waals surface area contributed by atoms with Crippen LogP contribution in [-0.4, -0.2) is 82.5 Å². The summed E-state index contributed by atoms with van der Waals surface area (Å²) in [6.07, 6.45) is 15.0. The number of nitrogens with one attached hydrogen (secondary N) is 2. The number of fused-ring (bicyclic) bond motifs is 5. The van der Waals surface area contributed by atoms with Crippen LogP contribution >= 0.6 is 0 Å². The normalized spacial score (nSPS) is 37.7. The van der Waals surface area contributed by atoms with Crippen molar-refractivity contribution in [2.45, 2.75) is 137 Å². The van der Waals surface area contributed by atoms with Crippen molar-refractivity contribution < 1.29 is 33.3 Å². The molecule has 5 aliphatic rings. The molecule has 0 aromatic carbocycles. The number of hydrogen-bond acceptors (Lipinski definition) is 7. The maximum atomic E-state index is 12.7. The van der Waals surface area contributed by atoms with Gasteiger partial charge in [0.2, 0.25) is 11.8 Å². The maximum absolute atomic E-state index is 12.7. The highest BCUT2D eigenvalue weighted by molar-refractivity contribution is 5.75. The van der Waals surface area contributed by atoms with E-state index in [1.165, 1.54) is 64.7 Å². The topological polar surface area (TPSA) is 104 Å². The van der Waals surface area contributed by atoms with E-state index in [1.54, 1.807) is 0 Å². The zero-order chi connectivity index (χ0) is 34.4. The molecule has 0 bridgehead atoms. The molecule has 276 valence electrons. The summed E-state index contributed by atoms with van der Waals surface area (Å²) in [5.41, 5.74) is 0.877. The molecule has 5 rings (SSSR count). The summed E-state index contributed by atoms with van der Waals surface area (Å²) in [6.45, 7) is 17.6. The minimum Gasteiger partial charge on any atom is -0.378 e. The SMILES string of the molecule is CC(=O)NCCOCCOCCNC(=O)CC[C@@H](C)C1CCC2C3CCC4CC(OCC[C@H]5COC(C)(C)O5)CCC4(C)C3CCC21C. The van der Waals surface area contributed by atoms with Crippen LogP contribution in [-0.2, 0) is 33.3 Å². The van der Waals surface area contributed by atoms with Crippen molar-refractivity contribution in [3.8, 4) is 0 Å². The summed E-state index contributed by atoms with van der Waals surface area (Å²) in [6, 6.07) is 0. The Hall–Kier alpha value is -1.26. The standard InChI is InChI=1S/C39H68N2O7/c1-27(7-12-36(43)41-19-22-45-24-23-44-21-18-40-28(2)42)33-10-11-34-32-9-8-29-25-30(46-20-15-31-26-47-37(3,4)48-31)13-16-38(29,5)35(32)14-17-39(33,34)6/h27,29-35H,7-26H2,1-6H3,(H,40,42)(H,41,43)/t27-,29?,30?,31+,32?,33?,34?,35?,38?,39?/m1/s1. The first-order valence-corrected chi connectivity index (χ1v) is 19.5. The lowest BCUT2D eigenvalue weighted by Gasteiger charge is -2.61. The van der Waals surface area contributed by atoms with Crippen LogP contribution in [0, 0.1) is 46.3 Å². The molecule has 9 nitrogen and oxygen atoms in total. The molecule has 0 radical (unpaired) electrons. The lowest BCUT2D eigenvalue weighted by Crippen LogP contribution is -2.54. The molecule has 5 fully saturated rings. The first-order valence-electron chi connectivity index (χ1n) is 19.5. The Kier molecular flexibility index (Phi) is 13.3. The molecule has 1 heterocycles. The Labute approximate surface area is 291 Å². The minimum absolute atomic E-state index is 0.0525. The first kappa shape index (κ1) is 38.0. The van der Waals surface area contributed by atoms with Gasteiger partial charge >= 0.3 is 0 Å². The van der Waals surface area contributed by atoms with E-state index in [0.717, 1.165) is 49.0 Å². The predicted octanol–water partition coefficient (Wildman–Crippen LogP) is 6.27. The van der Waals surface area contributed by atoms with Crippen molar-refractivity contribution in [2.24, 2.45) is 46.3 Å². The van der Waals surface area contributed by atoms with E-state index < -0.39 is 5.79 Å². The molecule has 48 heavy (non-hydrogen) atoms. The molecule has 1 saturated heterocycles. The van der Waals surface area contributed by atoms with Crippen LogP contribution in [0.4, 0.5) is 0 Å². The van der Waals surface area contributed by atoms with Crippen LogP contribution < -0.4 is 10.6 Å². The Bertz CT molecular complexity index is 1060. The van der Waals surface area contributed by atoms with Crippen LogP contribution in [0.1, 0.15) is 119 Å². The summed E-state index contributed by atoms with van der Waals surface area (Å²) >= 11 is 0. The van der Waals surface area contributed by atoms with E-state index in [2.05, 4.69) is 31.4 Å². The molecular formula is C39H68N2O7. The van der Waals surface area contributed by atoms with Crippen molar-refractivity contribution in [1.82, 2.24) is 10.6 Å². The van der Waals surface area contributed by atoms with E-state index in [0.29, 0.717) is 75.4 Å². The Morgan fingerprint density at radius 2 is 1.54 bits per heavy atom. The van der Waals surface area contributed by atoms with Gasteiger partial charge in [0.25, 0.3) is 0 Å². The predicted molar refractivity (Wildman–Crippen MR) is 186 cm³/mol. The molecule has 0 aromatic rings. The van der Waals surface area contributed by atoms with Crippen LogP contribution in [0.5, 0.6) is 0 Å². The number of ether oxygens (including phenoxy) is 5. The Morgan fingerprint density at radius 1 is 0.833 bits per heavy atom. The smallest absolute Gasteiger partial charge is 0.220 e. The molecule has 8 unspecified atom stereocenters. The Morgan fingerprint density at radius 3 is 2.25 bits per heavy atom. The lowest BCUT2D eigenvalue weighted by atomic mass is 9.44. The van der Waals surface area contributed by atoms with Gasteiger partial charge in [-0.15, -0.1) is 0 Å². The number of amides is 2. The second kappa shape index (κ2) is 16.8. The van der Waals surface area contributed by atoms with Gasteiger partial charge in [-0.2, -0.15) is 0 Å². The van der Waals surface area contributed by atoms with E-state index in [4.69, 9.17) is 23.7 Å². The molecule has 1 aliphatic heterocycles. The van der Waals surface area contributed by atoms with E-state index in [1.807, 2.05) is 13.8 Å². The second-order valence-corrected chi connectivity index (χ2v) is 17.0. The van der Waals surface area contributed by atoms with Gasteiger partial charge in [0.1, 0.15) is 0 Å². The van der Waals surface area contributed by atoms with Gasteiger partial charge in [-0.3, -0.25) is 9.59 Å². The van der Waals surface area contributed by atoms with E-state index in [9.17, 15) is 9.59 Å². The molecule has 0 spiro atoms. The third-order valence-electron chi connectivity index (χ3n) is 13.6. The lowest BCUT2D eigenvalue weighted by molar-refractivity contribution is -0.146. The minimum atomic E-state index is -0.453. The zero-order valence-corrected chi connectivity index (χ0v) is 31.1. The number of hydrogen-bond donors (Lipinski definition) is 2. The summed E-state index contributed by atoms with van der Waals surface area (Å²) < 4.78 is 29.2. The van der Waals surface area contributed by atoms with Crippen LogP contribution in [0.25, 0.3) is 0 Å². The fraction of sp³-hybridized carbons (Fsp3) is 0.949. The third-order valence-corrected chi connectivity index (χ3v) is 13.6. The first-order chi connectivity index (χ1) is 22.9. The summed E-state index contributed by atoms with van der Waals surface area (Å²) in [4.78, 5) is 23.5. The van der Waals surface area contributed by atoms with Gasteiger partial charge < -0.3 is 34.3 Å². The fourth-order valence-electron chi connectivity index (χ4n) is 11.1. The molecule has 2 N–H and O–H groups in total. The van der Waals surface area contributed by atoms with Gasteiger partial charge in [0, 0.05) is 33.0 Å². The molecule has 0 aromatic heterocycles. The molecular weight excluding hydrogens is 608 g/mol. The second-order valence-electron chi connectivity index (χ2n) is 17.0. The summed E-state index contributed by atoms with van der Waals surface area (Å²) in [7, 11) is 0. The summed E-state index contributed by atoms with van der Waals surface area (Å²) in [5.74, 6) is 4.28. The van der Waals surface area contributed by atoms with Crippen LogP contribution in [0.3, 0.4) is 0 Å².